The molecular formula is C24H32O6. The van der Waals surface area contributed by atoms with Crippen molar-refractivity contribution in [1.82, 2.24) is 0 Å². The molecule has 5 aliphatic rings. The van der Waals surface area contributed by atoms with Gasteiger partial charge in [0.2, 0.25) is 0 Å². The van der Waals surface area contributed by atoms with Crippen LogP contribution in [0.15, 0.2) is 11.6 Å². The molecule has 0 radical (unpaired) electrons. The van der Waals surface area contributed by atoms with Gasteiger partial charge in [0.25, 0.3) is 0 Å². The van der Waals surface area contributed by atoms with Crippen LogP contribution in [0, 0.1) is 34.5 Å². The Morgan fingerprint density at radius 3 is 2.63 bits per heavy atom. The minimum atomic E-state index is -0.611. The first-order valence-electron chi connectivity index (χ1n) is 11.4. The van der Waals surface area contributed by atoms with Gasteiger partial charge in [0.05, 0.1) is 19.1 Å². The van der Waals surface area contributed by atoms with Crippen molar-refractivity contribution in [2.24, 2.45) is 34.5 Å². The molecule has 0 aromatic carbocycles. The Morgan fingerprint density at radius 1 is 1.20 bits per heavy atom. The fraction of sp³-hybridized carbons (Fsp3) is 0.792. The van der Waals surface area contributed by atoms with E-state index in [1.54, 1.807) is 6.08 Å². The second kappa shape index (κ2) is 6.41. The lowest BCUT2D eigenvalue weighted by Gasteiger charge is -2.62. The number of fused-ring (bicyclic) bond motifs is 6. The molecule has 0 amide bonds. The Labute approximate surface area is 177 Å². The van der Waals surface area contributed by atoms with Crippen LogP contribution in [0.5, 0.6) is 0 Å². The highest BCUT2D eigenvalue weighted by molar-refractivity contribution is 5.92. The van der Waals surface area contributed by atoms with Gasteiger partial charge in [-0.2, -0.15) is 0 Å². The van der Waals surface area contributed by atoms with E-state index < -0.39 is 11.7 Å². The maximum atomic E-state index is 12.9. The van der Waals surface area contributed by atoms with Gasteiger partial charge in [-0.1, -0.05) is 19.4 Å². The zero-order chi connectivity index (χ0) is 21.5. The lowest BCUT2D eigenvalue weighted by atomic mass is 9.43. The molecule has 1 N–H and O–H groups in total. The van der Waals surface area contributed by atoms with Crippen molar-refractivity contribution in [1.29, 1.82) is 0 Å². The van der Waals surface area contributed by atoms with E-state index in [2.05, 4.69) is 13.8 Å². The highest BCUT2D eigenvalue weighted by atomic mass is 16.6. The van der Waals surface area contributed by atoms with E-state index in [1.807, 2.05) is 0 Å². The molecule has 30 heavy (non-hydrogen) atoms. The number of allylic oxidation sites excluding steroid dienone is 1. The van der Waals surface area contributed by atoms with E-state index in [1.165, 1.54) is 7.11 Å². The largest absolute Gasteiger partial charge is 0.469 e. The number of ether oxygens (including phenoxy) is 2. The number of aliphatic hydroxyl groups excluding tert-OH is 1. The molecular weight excluding hydrogens is 384 g/mol. The minimum Gasteiger partial charge on any atom is -0.469 e. The Hall–Kier alpha value is -1.69. The van der Waals surface area contributed by atoms with Gasteiger partial charge < -0.3 is 14.6 Å². The van der Waals surface area contributed by atoms with Gasteiger partial charge in [0.1, 0.15) is 5.60 Å². The third-order valence-electron chi connectivity index (χ3n) is 9.79. The van der Waals surface area contributed by atoms with E-state index in [9.17, 15) is 19.5 Å². The smallest absolute Gasteiger partial charge is 0.309 e. The number of hydrogen-bond donors (Lipinski definition) is 1. The highest BCUT2D eigenvalue weighted by Gasteiger charge is 2.71. The normalized spacial score (nSPS) is 49.7. The summed E-state index contributed by atoms with van der Waals surface area (Å²) in [6.07, 6.45) is 6.21. The van der Waals surface area contributed by atoms with Crippen molar-refractivity contribution >= 4 is 17.7 Å². The van der Waals surface area contributed by atoms with Crippen molar-refractivity contribution in [3.8, 4) is 0 Å². The van der Waals surface area contributed by atoms with Crippen LogP contribution in [0.4, 0.5) is 0 Å². The Bertz CT molecular complexity index is 847. The Morgan fingerprint density at radius 2 is 1.97 bits per heavy atom. The fourth-order valence-electron chi connectivity index (χ4n) is 8.35. The van der Waals surface area contributed by atoms with E-state index >= 15 is 0 Å². The van der Waals surface area contributed by atoms with Crippen LogP contribution in [0.3, 0.4) is 0 Å². The molecule has 164 valence electrons. The van der Waals surface area contributed by atoms with Crippen LogP contribution in [-0.4, -0.2) is 41.6 Å². The van der Waals surface area contributed by atoms with Gasteiger partial charge in [-0.3, -0.25) is 14.4 Å². The van der Waals surface area contributed by atoms with Crippen molar-refractivity contribution in [3.05, 3.63) is 11.6 Å². The van der Waals surface area contributed by atoms with Crippen LogP contribution >= 0.6 is 0 Å². The predicted octanol–water partition coefficient (Wildman–Crippen LogP) is 2.96. The lowest BCUT2D eigenvalue weighted by Crippen LogP contribution is -2.62. The van der Waals surface area contributed by atoms with Gasteiger partial charge in [-0.25, -0.2) is 0 Å². The summed E-state index contributed by atoms with van der Waals surface area (Å²) in [6.45, 7) is 4.33. The molecule has 0 aromatic heterocycles. The summed E-state index contributed by atoms with van der Waals surface area (Å²) in [4.78, 5) is 37.2. The molecule has 5 rings (SSSR count). The first-order valence-corrected chi connectivity index (χ1v) is 11.4. The van der Waals surface area contributed by atoms with E-state index in [0.717, 1.165) is 18.4 Å². The molecule has 3 saturated carbocycles. The summed E-state index contributed by atoms with van der Waals surface area (Å²) in [5, 5.41) is 11.6. The summed E-state index contributed by atoms with van der Waals surface area (Å²) in [5.74, 6) is -0.636. The third-order valence-corrected chi connectivity index (χ3v) is 9.79. The molecule has 5 unspecified atom stereocenters. The van der Waals surface area contributed by atoms with Crippen molar-refractivity contribution in [3.63, 3.8) is 0 Å². The van der Waals surface area contributed by atoms with Crippen molar-refractivity contribution < 1.29 is 29.0 Å². The molecule has 4 fully saturated rings. The summed E-state index contributed by atoms with van der Waals surface area (Å²) < 4.78 is 11.2. The monoisotopic (exact) mass is 416 g/mol. The van der Waals surface area contributed by atoms with Crippen LogP contribution in [0.25, 0.3) is 0 Å². The van der Waals surface area contributed by atoms with Crippen LogP contribution in [0.2, 0.25) is 0 Å². The van der Waals surface area contributed by atoms with Gasteiger partial charge in [0, 0.05) is 18.3 Å². The van der Waals surface area contributed by atoms with Crippen molar-refractivity contribution in [2.45, 2.75) is 76.9 Å². The van der Waals surface area contributed by atoms with Gasteiger partial charge in [0.15, 0.2) is 5.78 Å². The molecule has 6 nitrogen and oxygen atoms in total. The number of methoxy groups -OCH3 is 1. The number of rotatable bonds is 1. The SMILES string of the molecule is COC(=O)[C@@H]1CC2=CC(=O)CCC2(C)C2C1[C@@H]1CCC3(CCC(=O)O3)C1(C)C[C@H]2O. The second-order valence-corrected chi connectivity index (χ2v) is 10.8. The van der Waals surface area contributed by atoms with E-state index in [0.29, 0.717) is 38.5 Å². The zero-order valence-electron chi connectivity index (χ0n) is 18.1. The molecule has 0 bridgehead atoms. The molecule has 1 heterocycles. The maximum Gasteiger partial charge on any atom is 0.309 e. The predicted molar refractivity (Wildman–Crippen MR) is 107 cm³/mol. The molecule has 1 aliphatic heterocycles. The number of aliphatic hydroxyl groups is 1. The van der Waals surface area contributed by atoms with Gasteiger partial charge >= 0.3 is 11.9 Å². The van der Waals surface area contributed by atoms with Gasteiger partial charge in [-0.15, -0.1) is 0 Å². The average molecular weight is 417 g/mol. The third kappa shape index (κ3) is 2.43. The molecule has 8 atom stereocenters. The second-order valence-electron chi connectivity index (χ2n) is 10.8. The van der Waals surface area contributed by atoms with Crippen molar-refractivity contribution in [2.75, 3.05) is 7.11 Å². The van der Waals surface area contributed by atoms with E-state index in [4.69, 9.17) is 9.47 Å². The average Bonchev–Trinajstić information content (AvgIpc) is 3.21. The highest BCUT2D eigenvalue weighted by Crippen LogP contribution is 2.70. The molecule has 1 saturated heterocycles. The minimum absolute atomic E-state index is 0.0415. The maximum absolute atomic E-state index is 12.9. The van der Waals surface area contributed by atoms with Crippen LogP contribution < -0.4 is 0 Å². The molecule has 6 heteroatoms. The number of carbonyl (C=O) groups excluding carboxylic acids is 3. The summed E-state index contributed by atoms with van der Waals surface area (Å²) in [5.41, 5.74) is -0.168. The number of ketones is 1. The van der Waals surface area contributed by atoms with E-state index in [-0.39, 0.29) is 52.2 Å². The molecule has 4 aliphatic carbocycles. The summed E-state index contributed by atoms with van der Waals surface area (Å²) in [7, 11) is 1.42. The number of esters is 2. The summed E-state index contributed by atoms with van der Waals surface area (Å²) in [6, 6.07) is 0. The topological polar surface area (TPSA) is 89.9 Å². The van der Waals surface area contributed by atoms with Crippen LogP contribution in [0.1, 0.15) is 65.2 Å². The Kier molecular flexibility index (Phi) is 4.32. The molecule has 0 aromatic rings. The molecule has 1 spiro atoms. The first-order chi connectivity index (χ1) is 14.1. The lowest BCUT2D eigenvalue weighted by molar-refractivity contribution is -0.197. The quantitative estimate of drug-likeness (QED) is 0.661. The number of carbonyl (C=O) groups is 3. The first kappa shape index (κ1) is 20.2. The Balaban J connectivity index is 1.62. The fourth-order valence-corrected chi connectivity index (χ4v) is 8.35. The zero-order valence-corrected chi connectivity index (χ0v) is 18.1. The van der Waals surface area contributed by atoms with Crippen LogP contribution in [-0.2, 0) is 23.9 Å². The standard InChI is InChI=1S/C24H32O6/c1-22-7-4-14(25)10-13(22)11-15(21(28)29-3)19-16-5-8-24(9-6-18(27)30-24)23(16,2)12-17(26)20(19)22/h10,15-17,19-20,26H,4-9,11-12H2,1-3H3/t15-,16+,17-,19?,20?,22?,23?,24?/m1/s1. The number of hydrogen-bond acceptors (Lipinski definition) is 6. The van der Waals surface area contributed by atoms with Gasteiger partial charge in [-0.05, 0) is 67.8 Å². The summed E-state index contributed by atoms with van der Waals surface area (Å²) >= 11 is 0.